The van der Waals surface area contributed by atoms with Crippen LogP contribution in [0.4, 0.5) is 0 Å². The lowest BCUT2D eigenvalue weighted by atomic mass is 9.94. The standard InChI is InChI=1S/C10H19NO/c1-3-7(2)10(11)9(12)6-8-4-5-8/h7-8,10H,3-6,11H2,1-2H3. The molecule has 0 heterocycles. The molecule has 0 bridgehead atoms. The summed E-state index contributed by atoms with van der Waals surface area (Å²) in [5, 5.41) is 0. The molecule has 0 aromatic rings. The normalized spacial score (nSPS) is 21.9. The predicted molar refractivity (Wildman–Crippen MR) is 49.8 cm³/mol. The van der Waals surface area contributed by atoms with Crippen LogP contribution in [0, 0.1) is 11.8 Å². The molecule has 2 N–H and O–H groups in total. The molecule has 0 aromatic carbocycles. The molecular weight excluding hydrogens is 150 g/mol. The molecule has 12 heavy (non-hydrogen) atoms. The van der Waals surface area contributed by atoms with Crippen molar-refractivity contribution in [2.24, 2.45) is 17.6 Å². The topological polar surface area (TPSA) is 43.1 Å². The van der Waals surface area contributed by atoms with Gasteiger partial charge in [-0.2, -0.15) is 0 Å². The van der Waals surface area contributed by atoms with Crippen molar-refractivity contribution in [3.05, 3.63) is 0 Å². The molecule has 1 aliphatic rings. The van der Waals surface area contributed by atoms with Gasteiger partial charge in [0.2, 0.25) is 0 Å². The van der Waals surface area contributed by atoms with E-state index in [1.807, 2.05) is 0 Å². The molecule has 70 valence electrons. The SMILES string of the molecule is CCC(C)C(N)C(=O)CC1CC1. The van der Waals surface area contributed by atoms with Crippen LogP contribution in [0.25, 0.3) is 0 Å². The maximum absolute atomic E-state index is 11.5. The summed E-state index contributed by atoms with van der Waals surface area (Å²) in [5.74, 6) is 1.29. The van der Waals surface area contributed by atoms with Crippen molar-refractivity contribution in [2.45, 2.75) is 45.6 Å². The maximum Gasteiger partial charge on any atom is 0.150 e. The Morgan fingerprint density at radius 1 is 1.58 bits per heavy atom. The molecule has 0 aliphatic heterocycles. The Morgan fingerprint density at radius 3 is 2.58 bits per heavy atom. The Labute approximate surface area is 74.5 Å². The zero-order valence-electron chi connectivity index (χ0n) is 8.05. The summed E-state index contributed by atoms with van der Waals surface area (Å²) in [6.45, 7) is 4.13. The maximum atomic E-state index is 11.5. The summed E-state index contributed by atoms with van der Waals surface area (Å²) < 4.78 is 0. The van der Waals surface area contributed by atoms with Crippen molar-refractivity contribution < 1.29 is 4.79 Å². The molecule has 2 unspecified atom stereocenters. The fourth-order valence-corrected chi connectivity index (χ4v) is 1.31. The molecular formula is C10H19NO. The second-order valence-electron chi connectivity index (χ2n) is 4.03. The Kier molecular flexibility index (Phi) is 3.27. The lowest BCUT2D eigenvalue weighted by Gasteiger charge is -2.16. The third-order valence-corrected chi connectivity index (χ3v) is 2.82. The molecule has 0 amide bonds. The van der Waals surface area contributed by atoms with Gasteiger partial charge in [-0.05, 0) is 24.7 Å². The van der Waals surface area contributed by atoms with E-state index in [2.05, 4.69) is 13.8 Å². The van der Waals surface area contributed by atoms with Crippen molar-refractivity contribution in [3.63, 3.8) is 0 Å². The minimum atomic E-state index is -0.212. The minimum Gasteiger partial charge on any atom is -0.321 e. The van der Waals surface area contributed by atoms with Crippen LogP contribution in [0.1, 0.15) is 39.5 Å². The Hall–Kier alpha value is -0.370. The molecule has 0 spiro atoms. The van der Waals surface area contributed by atoms with Crippen LogP contribution in [-0.2, 0) is 4.79 Å². The van der Waals surface area contributed by atoms with E-state index < -0.39 is 0 Å². The molecule has 2 nitrogen and oxygen atoms in total. The monoisotopic (exact) mass is 169 g/mol. The van der Waals surface area contributed by atoms with Gasteiger partial charge in [-0.15, -0.1) is 0 Å². The van der Waals surface area contributed by atoms with Crippen LogP contribution < -0.4 is 5.73 Å². The average molecular weight is 169 g/mol. The van der Waals surface area contributed by atoms with Gasteiger partial charge in [-0.25, -0.2) is 0 Å². The quantitative estimate of drug-likeness (QED) is 0.681. The molecule has 2 heteroatoms. The molecule has 1 aliphatic carbocycles. The minimum absolute atomic E-state index is 0.212. The largest absolute Gasteiger partial charge is 0.321 e. The number of rotatable bonds is 5. The second kappa shape index (κ2) is 4.04. The van der Waals surface area contributed by atoms with Gasteiger partial charge in [-0.1, -0.05) is 20.3 Å². The van der Waals surface area contributed by atoms with Gasteiger partial charge in [0.05, 0.1) is 6.04 Å². The molecule has 1 rings (SSSR count). The van der Waals surface area contributed by atoms with Crippen LogP contribution in [0.3, 0.4) is 0 Å². The number of hydrogen-bond acceptors (Lipinski definition) is 2. The first kappa shape index (κ1) is 9.72. The number of Topliss-reactive ketones (excluding diaryl/α,β-unsaturated/α-hetero) is 1. The molecule has 2 atom stereocenters. The number of carbonyl (C=O) groups is 1. The summed E-state index contributed by atoms with van der Waals surface area (Å²) in [5.41, 5.74) is 5.80. The number of nitrogens with two attached hydrogens (primary N) is 1. The van der Waals surface area contributed by atoms with Crippen molar-refractivity contribution in [1.82, 2.24) is 0 Å². The van der Waals surface area contributed by atoms with Crippen molar-refractivity contribution >= 4 is 5.78 Å². The zero-order chi connectivity index (χ0) is 9.14. The first-order valence-corrected chi connectivity index (χ1v) is 4.93. The number of ketones is 1. The fraction of sp³-hybridized carbons (Fsp3) is 0.900. The summed E-state index contributed by atoms with van der Waals surface area (Å²) in [4.78, 5) is 11.5. The Bertz CT molecular complexity index is 163. The lowest BCUT2D eigenvalue weighted by Crippen LogP contribution is -2.36. The van der Waals surface area contributed by atoms with E-state index in [0.29, 0.717) is 11.8 Å². The first-order valence-electron chi connectivity index (χ1n) is 4.93. The summed E-state index contributed by atoms with van der Waals surface area (Å²) >= 11 is 0. The van der Waals surface area contributed by atoms with Gasteiger partial charge in [0, 0.05) is 6.42 Å². The number of carbonyl (C=O) groups excluding carboxylic acids is 1. The highest BCUT2D eigenvalue weighted by Gasteiger charge is 2.28. The molecule has 0 radical (unpaired) electrons. The van der Waals surface area contributed by atoms with Gasteiger partial charge in [0.15, 0.2) is 0 Å². The predicted octanol–water partition coefficient (Wildman–Crippen LogP) is 1.73. The van der Waals surface area contributed by atoms with Crippen LogP contribution >= 0.6 is 0 Å². The summed E-state index contributed by atoms with van der Waals surface area (Å²) in [6, 6.07) is -0.212. The third-order valence-electron chi connectivity index (χ3n) is 2.82. The van der Waals surface area contributed by atoms with E-state index in [-0.39, 0.29) is 11.8 Å². The van der Waals surface area contributed by atoms with Gasteiger partial charge in [-0.3, -0.25) is 4.79 Å². The Morgan fingerprint density at radius 2 is 2.17 bits per heavy atom. The van der Waals surface area contributed by atoms with Gasteiger partial charge >= 0.3 is 0 Å². The highest BCUT2D eigenvalue weighted by molar-refractivity contribution is 5.84. The zero-order valence-corrected chi connectivity index (χ0v) is 8.05. The van der Waals surface area contributed by atoms with E-state index in [4.69, 9.17) is 5.73 Å². The van der Waals surface area contributed by atoms with E-state index >= 15 is 0 Å². The highest BCUT2D eigenvalue weighted by Crippen LogP contribution is 2.33. The molecule has 1 fully saturated rings. The van der Waals surface area contributed by atoms with Gasteiger partial charge < -0.3 is 5.73 Å². The fourth-order valence-electron chi connectivity index (χ4n) is 1.31. The Balaban J connectivity index is 2.28. The van der Waals surface area contributed by atoms with Crippen LogP contribution in [-0.4, -0.2) is 11.8 Å². The molecule has 1 saturated carbocycles. The summed E-state index contributed by atoms with van der Waals surface area (Å²) in [7, 11) is 0. The summed E-state index contributed by atoms with van der Waals surface area (Å²) in [6.07, 6.45) is 4.20. The molecule has 0 aromatic heterocycles. The van der Waals surface area contributed by atoms with E-state index in [9.17, 15) is 4.79 Å². The van der Waals surface area contributed by atoms with Gasteiger partial charge in [0.25, 0.3) is 0 Å². The lowest BCUT2D eigenvalue weighted by molar-refractivity contribution is -0.121. The third kappa shape index (κ3) is 2.59. The first-order chi connectivity index (χ1) is 5.65. The smallest absolute Gasteiger partial charge is 0.150 e. The van der Waals surface area contributed by atoms with Crippen molar-refractivity contribution in [2.75, 3.05) is 0 Å². The second-order valence-corrected chi connectivity index (χ2v) is 4.03. The van der Waals surface area contributed by atoms with E-state index in [1.165, 1.54) is 12.8 Å². The average Bonchev–Trinajstić information content (AvgIpc) is 2.85. The van der Waals surface area contributed by atoms with Crippen LogP contribution in [0.15, 0.2) is 0 Å². The van der Waals surface area contributed by atoms with Gasteiger partial charge in [0.1, 0.15) is 5.78 Å². The van der Waals surface area contributed by atoms with E-state index in [1.54, 1.807) is 0 Å². The highest BCUT2D eigenvalue weighted by atomic mass is 16.1. The van der Waals surface area contributed by atoms with Crippen LogP contribution in [0.5, 0.6) is 0 Å². The van der Waals surface area contributed by atoms with Crippen LogP contribution in [0.2, 0.25) is 0 Å². The number of hydrogen-bond donors (Lipinski definition) is 1. The van der Waals surface area contributed by atoms with E-state index in [0.717, 1.165) is 12.8 Å². The van der Waals surface area contributed by atoms with Crippen molar-refractivity contribution in [1.29, 1.82) is 0 Å². The van der Waals surface area contributed by atoms with Crippen molar-refractivity contribution in [3.8, 4) is 0 Å². The molecule has 0 saturated heterocycles.